The molecule has 0 aromatic heterocycles. The molecule has 1 heterocycles. The first kappa shape index (κ1) is 14.7. The summed E-state index contributed by atoms with van der Waals surface area (Å²) < 4.78 is 26.6. The highest BCUT2D eigenvalue weighted by Gasteiger charge is 2.33. The second-order valence-corrected chi connectivity index (χ2v) is 6.89. The minimum absolute atomic E-state index is 0.00616. The van der Waals surface area contributed by atoms with Gasteiger partial charge in [0.1, 0.15) is 0 Å². The Morgan fingerprint density at radius 2 is 1.75 bits per heavy atom. The summed E-state index contributed by atoms with van der Waals surface area (Å²) in [6, 6.07) is 3.97. The van der Waals surface area contributed by atoms with E-state index in [1.807, 2.05) is 13.8 Å². The van der Waals surface area contributed by atoms with Gasteiger partial charge in [0.2, 0.25) is 10.0 Å². The fourth-order valence-electron chi connectivity index (χ4n) is 1.87. The molecule has 1 N–H and O–H groups in total. The largest absolute Gasteiger partial charge is 0.277 e. The molecule has 7 heteroatoms. The number of carbonyl (C=O) groups excluding carboxylic acids is 2. The molecule has 0 saturated carbocycles. The number of rotatable bonds is 4. The lowest BCUT2D eigenvalue weighted by atomic mass is 10.1. The minimum Gasteiger partial charge on any atom is -0.277 e. The SMILES string of the molecule is CC(C)CNS(=O)(=O)c1ccc2c(c1)C(=O)N(C)C2=O. The summed E-state index contributed by atoms with van der Waals surface area (Å²) in [5, 5.41) is 0. The van der Waals surface area contributed by atoms with Crippen LogP contribution in [0.25, 0.3) is 0 Å². The number of imide groups is 1. The van der Waals surface area contributed by atoms with Crippen molar-refractivity contribution in [2.45, 2.75) is 18.7 Å². The fourth-order valence-corrected chi connectivity index (χ4v) is 3.11. The van der Waals surface area contributed by atoms with Crippen LogP contribution in [0.5, 0.6) is 0 Å². The Hall–Kier alpha value is -1.73. The van der Waals surface area contributed by atoms with Gasteiger partial charge in [-0.25, -0.2) is 13.1 Å². The lowest BCUT2D eigenvalue weighted by Crippen LogP contribution is -2.27. The number of benzene rings is 1. The molecule has 1 aromatic rings. The van der Waals surface area contributed by atoms with Crippen LogP contribution in [0.4, 0.5) is 0 Å². The summed E-state index contributed by atoms with van der Waals surface area (Å²) in [6.45, 7) is 4.09. The average Bonchev–Trinajstić information content (AvgIpc) is 2.61. The van der Waals surface area contributed by atoms with E-state index in [9.17, 15) is 18.0 Å². The number of amides is 2. The molecule has 0 bridgehead atoms. The van der Waals surface area contributed by atoms with Crippen LogP contribution in [0.2, 0.25) is 0 Å². The molecule has 1 aliphatic heterocycles. The van der Waals surface area contributed by atoms with E-state index in [2.05, 4.69) is 4.72 Å². The Morgan fingerprint density at radius 1 is 1.15 bits per heavy atom. The maximum Gasteiger partial charge on any atom is 0.261 e. The smallest absolute Gasteiger partial charge is 0.261 e. The Labute approximate surface area is 117 Å². The number of sulfonamides is 1. The van der Waals surface area contributed by atoms with Crippen LogP contribution < -0.4 is 4.72 Å². The van der Waals surface area contributed by atoms with E-state index in [0.717, 1.165) is 4.90 Å². The van der Waals surface area contributed by atoms with Crippen molar-refractivity contribution in [1.29, 1.82) is 0 Å². The molecule has 0 atom stereocenters. The van der Waals surface area contributed by atoms with E-state index in [4.69, 9.17) is 0 Å². The van der Waals surface area contributed by atoms with Gasteiger partial charge in [0.05, 0.1) is 16.0 Å². The molecule has 1 aliphatic rings. The normalized spacial score (nSPS) is 15.1. The third-order valence-corrected chi connectivity index (χ3v) is 4.47. The Morgan fingerprint density at radius 3 is 2.35 bits per heavy atom. The van der Waals surface area contributed by atoms with E-state index in [1.165, 1.54) is 25.2 Å². The monoisotopic (exact) mass is 296 g/mol. The molecule has 108 valence electrons. The van der Waals surface area contributed by atoms with Gasteiger partial charge in [-0.05, 0) is 24.1 Å². The quantitative estimate of drug-likeness (QED) is 0.835. The van der Waals surface area contributed by atoms with Crippen molar-refractivity contribution in [3.05, 3.63) is 29.3 Å². The van der Waals surface area contributed by atoms with Crippen LogP contribution >= 0.6 is 0 Å². The van der Waals surface area contributed by atoms with Gasteiger partial charge in [-0.1, -0.05) is 13.8 Å². The molecular weight excluding hydrogens is 280 g/mol. The van der Waals surface area contributed by atoms with E-state index in [1.54, 1.807) is 0 Å². The van der Waals surface area contributed by atoms with Crippen molar-refractivity contribution >= 4 is 21.8 Å². The lowest BCUT2D eigenvalue weighted by Gasteiger charge is -2.09. The molecule has 6 nitrogen and oxygen atoms in total. The first-order valence-electron chi connectivity index (χ1n) is 6.20. The Bertz CT molecular complexity index is 680. The molecule has 1 aromatic carbocycles. The summed E-state index contributed by atoms with van der Waals surface area (Å²) >= 11 is 0. The van der Waals surface area contributed by atoms with Gasteiger partial charge in [0.25, 0.3) is 11.8 Å². The molecular formula is C13H16N2O4S. The third-order valence-electron chi connectivity index (χ3n) is 3.05. The maximum atomic E-state index is 12.1. The second-order valence-electron chi connectivity index (χ2n) is 5.12. The molecule has 0 unspecified atom stereocenters. The first-order chi connectivity index (χ1) is 9.24. The summed E-state index contributed by atoms with van der Waals surface area (Å²) in [4.78, 5) is 24.5. The van der Waals surface area contributed by atoms with E-state index in [-0.39, 0.29) is 21.9 Å². The first-order valence-corrected chi connectivity index (χ1v) is 7.68. The highest BCUT2D eigenvalue weighted by Crippen LogP contribution is 2.24. The summed E-state index contributed by atoms with van der Waals surface area (Å²) in [5.41, 5.74) is 0.366. The van der Waals surface area contributed by atoms with Crippen molar-refractivity contribution < 1.29 is 18.0 Å². The summed E-state index contributed by atoms with van der Waals surface area (Å²) in [5.74, 6) is -0.719. The minimum atomic E-state index is -3.67. The topological polar surface area (TPSA) is 83.6 Å². The number of nitrogens with one attached hydrogen (secondary N) is 1. The zero-order valence-corrected chi connectivity index (χ0v) is 12.3. The van der Waals surface area contributed by atoms with Gasteiger partial charge in [-0.3, -0.25) is 14.5 Å². The molecule has 20 heavy (non-hydrogen) atoms. The highest BCUT2D eigenvalue weighted by molar-refractivity contribution is 7.89. The fraction of sp³-hybridized carbons (Fsp3) is 0.385. The third kappa shape index (κ3) is 2.46. The summed E-state index contributed by atoms with van der Waals surface area (Å²) in [6.07, 6.45) is 0. The van der Waals surface area contributed by atoms with Crippen molar-refractivity contribution in [1.82, 2.24) is 9.62 Å². The van der Waals surface area contributed by atoms with Crippen molar-refractivity contribution in [3.8, 4) is 0 Å². The molecule has 2 rings (SSSR count). The molecule has 2 amide bonds. The predicted molar refractivity (Wildman–Crippen MR) is 72.9 cm³/mol. The van der Waals surface area contributed by atoms with E-state index in [0.29, 0.717) is 6.54 Å². The Balaban J connectivity index is 2.38. The zero-order chi connectivity index (χ0) is 15.1. The molecule has 0 spiro atoms. The number of carbonyl (C=O) groups is 2. The van der Waals surface area contributed by atoms with E-state index < -0.39 is 21.8 Å². The average molecular weight is 296 g/mol. The van der Waals surface area contributed by atoms with E-state index >= 15 is 0 Å². The van der Waals surface area contributed by atoms with Crippen molar-refractivity contribution in [2.75, 3.05) is 13.6 Å². The summed E-state index contributed by atoms with van der Waals surface area (Å²) in [7, 11) is -2.30. The standard InChI is InChI=1S/C13H16N2O4S/c1-8(2)7-14-20(18,19)9-4-5-10-11(6-9)13(17)15(3)12(10)16/h4-6,8,14H,7H2,1-3H3. The van der Waals surface area contributed by atoms with Gasteiger partial charge >= 0.3 is 0 Å². The van der Waals surface area contributed by atoms with Gasteiger partial charge in [-0.15, -0.1) is 0 Å². The molecule has 0 fully saturated rings. The van der Waals surface area contributed by atoms with Crippen LogP contribution in [0.15, 0.2) is 23.1 Å². The van der Waals surface area contributed by atoms with Crippen LogP contribution in [0.3, 0.4) is 0 Å². The lowest BCUT2D eigenvalue weighted by molar-refractivity contribution is 0.0693. The van der Waals surface area contributed by atoms with Crippen LogP contribution in [-0.2, 0) is 10.0 Å². The van der Waals surface area contributed by atoms with Crippen LogP contribution in [-0.4, -0.2) is 38.7 Å². The number of nitrogens with zero attached hydrogens (tertiary/aromatic N) is 1. The zero-order valence-electron chi connectivity index (χ0n) is 11.5. The molecule has 0 saturated heterocycles. The van der Waals surface area contributed by atoms with Gasteiger partial charge in [-0.2, -0.15) is 0 Å². The molecule has 0 radical (unpaired) electrons. The number of fused-ring (bicyclic) bond motifs is 1. The van der Waals surface area contributed by atoms with Crippen LogP contribution in [0.1, 0.15) is 34.6 Å². The Kier molecular flexibility index (Phi) is 3.66. The molecule has 0 aliphatic carbocycles. The predicted octanol–water partition coefficient (Wildman–Crippen LogP) is 0.847. The second kappa shape index (κ2) is 4.99. The van der Waals surface area contributed by atoms with Crippen molar-refractivity contribution in [2.24, 2.45) is 5.92 Å². The van der Waals surface area contributed by atoms with Gasteiger partial charge in [0, 0.05) is 13.6 Å². The maximum absolute atomic E-state index is 12.1. The van der Waals surface area contributed by atoms with Crippen LogP contribution in [0, 0.1) is 5.92 Å². The van der Waals surface area contributed by atoms with Gasteiger partial charge < -0.3 is 0 Å². The highest BCUT2D eigenvalue weighted by atomic mass is 32.2. The number of hydrogen-bond acceptors (Lipinski definition) is 4. The van der Waals surface area contributed by atoms with Crippen molar-refractivity contribution in [3.63, 3.8) is 0 Å². The van der Waals surface area contributed by atoms with Gasteiger partial charge in [0.15, 0.2) is 0 Å². The number of hydrogen-bond donors (Lipinski definition) is 1.